The molecule has 1 fully saturated rings. The second kappa shape index (κ2) is 7.14. The highest BCUT2D eigenvalue weighted by Crippen LogP contribution is 2.28. The highest BCUT2D eigenvalue weighted by Gasteiger charge is 2.35. The van der Waals surface area contributed by atoms with E-state index < -0.39 is 0 Å². The second-order valence-electron chi connectivity index (χ2n) is 6.74. The lowest BCUT2D eigenvalue weighted by Gasteiger charge is -2.42. The lowest BCUT2D eigenvalue weighted by atomic mass is 9.79. The van der Waals surface area contributed by atoms with Crippen molar-refractivity contribution >= 4 is 5.91 Å². The van der Waals surface area contributed by atoms with E-state index in [0.29, 0.717) is 13.0 Å². The summed E-state index contributed by atoms with van der Waals surface area (Å²) >= 11 is 0. The number of carbonyl (C=O) groups excluding carboxylic acids is 1. The molecule has 1 aliphatic heterocycles. The van der Waals surface area contributed by atoms with E-state index in [2.05, 4.69) is 13.8 Å². The van der Waals surface area contributed by atoms with Crippen molar-refractivity contribution in [1.29, 1.82) is 0 Å². The molecule has 4 heteroatoms. The summed E-state index contributed by atoms with van der Waals surface area (Å²) in [7, 11) is 0. The van der Waals surface area contributed by atoms with Gasteiger partial charge in [-0.25, -0.2) is 0 Å². The Labute approximate surface area is 133 Å². The number of hydrogen-bond donors (Lipinski definition) is 1. The van der Waals surface area contributed by atoms with Crippen molar-refractivity contribution < 1.29 is 9.53 Å². The van der Waals surface area contributed by atoms with Crippen molar-refractivity contribution in [3.8, 4) is 5.75 Å². The Morgan fingerprint density at radius 2 is 2.14 bits per heavy atom. The van der Waals surface area contributed by atoms with Gasteiger partial charge in [0.1, 0.15) is 5.75 Å². The van der Waals surface area contributed by atoms with E-state index >= 15 is 0 Å². The van der Waals surface area contributed by atoms with E-state index in [1.165, 1.54) is 0 Å². The van der Waals surface area contributed by atoms with Crippen LogP contribution in [-0.2, 0) is 11.2 Å². The molecule has 0 spiro atoms. The molecule has 22 heavy (non-hydrogen) atoms. The van der Waals surface area contributed by atoms with Crippen LogP contribution in [0.4, 0.5) is 0 Å². The van der Waals surface area contributed by atoms with Crippen LogP contribution in [0.25, 0.3) is 0 Å². The first-order valence-electron chi connectivity index (χ1n) is 8.18. The molecule has 2 rings (SSSR count). The maximum atomic E-state index is 12.5. The Morgan fingerprint density at radius 3 is 2.82 bits per heavy atom. The number of aryl methyl sites for hydroxylation is 1. The Morgan fingerprint density at radius 1 is 1.41 bits per heavy atom. The molecule has 4 nitrogen and oxygen atoms in total. The van der Waals surface area contributed by atoms with E-state index in [-0.39, 0.29) is 17.4 Å². The average molecular weight is 304 g/mol. The monoisotopic (exact) mass is 304 g/mol. The largest absolute Gasteiger partial charge is 0.494 e. The molecule has 1 atom stereocenters. The van der Waals surface area contributed by atoms with Gasteiger partial charge >= 0.3 is 0 Å². The minimum Gasteiger partial charge on any atom is -0.494 e. The summed E-state index contributed by atoms with van der Waals surface area (Å²) in [6, 6.07) is 8.13. The van der Waals surface area contributed by atoms with E-state index in [1.54, 1.807) is 0 Å². The van der Waals surface area contributed by atoms with Crippen LogP contribution in [0.15, 0.2) is 24.3 Å². The van der Waals surface area contributed by atoms with Gasteiger partial charge in [0.05, 0.1) is 6.61 Å². The number of carbonyl (C=O) groups is 1. The molecule has 1 unspecified atom stereocenters. The fourth-order valence-corrected chi connectivity index (χ4v) is 2.99. The molecule has 1 heterocycles. The topological polar surface area (TPSA) is 55.6 Å². The normalized spacial score (nSPS) is 20.7. The third-order valence-corrected chi connectivity index (χ3v) is 4.55. The van der Waals surface area contributed by atoms with Crippen molar-refractivity contribution in [2.24, 2.45) is 11.1 Å². The summed E-state index contributed by atoms with van der Waals surface area (Å²) in [6.45, 7) is 8.42. The van der Waals surface area contributed by atoms with Gasteiger partial charge in [-0.3, -0.25) is 4.79 Å². The quantitative estimate of drug-likeness (QED) is 0.909. The standard InChI is InChI=1S/C18H28N2O2/c1-4-22-15-8-6-5-7-14(15)9-10-17(21)20-12-11-16(19)18(2,3)13-20/h5-8,16H,4,9-13,19H2,1-3H3. The summed E-state index contributed by atoms with van der Waals surface area (Å²) in [6.07, 6.45) is 2.13. The molecule has 0 radical (unpaired) electrons. The average Bonchev–Trinajstić information content (AvgIpc) is 2.49. The zero-order chi connectivity index (χ0) is 16.2. The molecular formula is C18H28N2O2. The number of rotatable bonds is 5. The van der Waals surface area contributed by atoms with Crippen LogP contribution in [0.1, 0.15) is 39.2 Å². The lowest BCUT2D eigenvalue weighted by Crippen LogP contribution is -2.54. The van der Waals surface area contributed by atoms with Gasteiger partial charge in [-0.05, 0) is 36.8 Å². The number of amides is 1. The number of hydrogen-bond acceptors (Lipinski definition) is 3. The van der Waals surface area contributed by atoms with Gasteiger partial charge in [0.15, 0.2) is 0 Å². The van der Waals surface area contributed by atoms with Gasteiger partial charge in [-0.2, -0.15) is 0 Å². The van der Waals surface area contributed by atoms with Gasteiger partial charge in [-0.15, -0.1) is 0 Å². The summed E-state index contributed by atoms with van der Waals surface area (Å²) < 4.78 is 5.62. The predicted octanol–water partition coefficient (Wildman–Crippen LogP) is 2.60. The molecule has 0 bridgehead atoms. The fraction of sp³-hybridized carbons (Fsp3) is 0.611. The first-order valence-corrected chi connectivity index (χ1v) is 8.18. The highest BCUT2D eigenvalue weighted by atomic mass is 16.5. The van der Waals surface area contributed by atoms with E-state index in [9.17, 15) is 4.79 Å². The third kappa shape index (κ3) is 4.01. The van der Waals surface area contributed by atoms with E-state index in [0.717, 1.165) is 37.2 Å². The molecule has 1 aromatic rings. The Kier molecular flexibility index (Phi) is 5.46. The molecule has 2 N–H and O–H groups in total. The van der Waals surface area contributed by atoms with Crippen molar-refractivity contribution in [1.82, 2.24) is 4.90 Å². The third-order valence-electron chi connectivity index (χ3n) is 4.55. The molecule has 0 saturated carbocycles. The smallest absolute Gasteiger partial charge is 0.222 e. The van der Waals surface area contributed by atoms with Crippen LogP contribution < -0.4 is 10.5 Å². The fourth-order valence-electron chi connectivity index (χ4n) is 2.99. The lowest BCUT2D eigenvalue weighted by molar-refractivity contribution is -0.134. The zero-order valence-electron chi connectivity index (χ0n) is 14.0. The number of para-hydroxylation sites is 1. The van der Waals surface area contributed by atoms with Gasteiger partial charge in [0.2, 0.25) is 5.91 Å². The minimum atomic E-state index is -0.00284. The van der Waals surface area contributed by atoms with Gasteiger partial charge in [-0.1, -0.05) is 32.0 Å². The molecule has 1 aromatic carbocycles. The predicted molar refractivity (Wildman–Crippen MR) is 88.9 cm³/mol. The van der Waals surface area contributed by atoms with Crippen LogP contribution >= 0.6 is 0 Å². The Hall–Kier alpha value is -1.55. The second-order valence-corrected chi connectivity index (χ2v) is 6.74. The summed E-state index contributed by atoms with van der Waals surface area (Å²) in [5, 5.41) is 0. The number of nitrogens with two attached hydrogens (primary N) is 1. The Bertz CT molecular complexity index is 514. The first kappa shape index (κ1) is 16.8. The number of likely N-dealkylation sites (tertiary alicyclic amines) is 1. The maximum absolute atomic E-state index is 12.5. The minimum absolute atomic E-state index is 0.00284. The van der Waals surface area contributed by atoms with Crippen molar-refractivity contribution in [3.63, 3.8) is 0 Å². The molecule has 0 aliphatic carbocycles. The van der Waals surface area contributed by atoms with Crippen molar-refractivity contribution in [3.05, 3.63) is 29.8 Å². The van der Waals surface area contributed by atoms with Crippen molar-refractivity contribution in [2.75, 3.05) is 19.7 Å². The Balaban J connectivity index is 1.93. The van der Waals surface area contributed by atoms with Crippen LogP contribution in [0, 0.1) is 5.41 Å². The summed E-state index contributed by atoms with van der Waals surface area (Å²) in [5.41, 5.74) is 7.24. The maximum Gasteiger partial charge on any atom is 0.222 e. The molecule has 122 valence electrons. The van der Waals surface area contributed by atoms with Gasteiger partial charge in [0.25, 0.3) is 0 Å². The summed E-state index contributed by atoms with van der Waals surface area (Å²) in [4.78, 5) is 14.4. The molecule has 0 aromatic heterocycles. The van der Waals surface area contributed by atoms with Crippen molar-refractivity contribution in [2.45, 2.75) is 46.1 Å². The van der Waals surface area contributed by atoms with Crippen LogP contribution in [0.3, 0.4) is 0 Å². The van der Waals surface area contributed by atoms with Crippen LogP contribution in [-0.4, -0.2) is 36.5 Å². The molecule has 1 aliphatic rings. The van der Waals surface area contributed by atoms with Gasteiger partial charge < -0.3 is 15.4 Å². The zero-order valence-corrected chi connectivity index (χ0v) is 14.0. The SMILES string of the molecule is CCOc1ccccc1CCC(=O)N1CCC(N)C(C)(C)C1. The molecule has 1 amide bonds. The van der Waals surface area contributed by atoms with Crippen LogP contribution in [0.5, 0.6) is 5.75 Å². The summed E-state index contributed by atoms with van der Waals surface area (Å²) in [5.74, 6) is 1.10. The van der Waals surface area contributed by atoms with Crippen LogP contribution in [0.2, 0.25) is 0 Å². The number of nitrogens with zero attached hydrogens (tertiary/aromatic N) is 1. The van der Waals surface area contributed by atoms with E-state index in [4.69, 9.17) is 10.5 Å². The highest BCUT2D eigenvalue weighted by molar-refractivity contribution is 5.76. The number of benzene rings is 1. The molecular weight excluding hydrogens is 276 g/mol. The van der Waals surface area contributed by atoms with Gasteiger partial charge in [0, 0.05) is 25.6 Å². The molecule has 1 saturated heterocycles. The number of ether oxygens (including phenoxy) is 1. The van der Waals surface area contributed by atoms with E-state index in [1.807, 2.05) is 36.1 Å². The number of piperidine rings is 1. The first-order chi connectivity index (χ1) is 10.4.